The molecule has 5 nitrogen and oxygen atoms in total. The van der Waals surface area contributed by atoms with E-state index in [2.05, 4.69) is 11.4 Å². The average Bonchev–Trinajstić information content (AvgIpc) is 2.90. The van der Waals surface area contributed by atoms with Crippen molar-refractivity contribution < 1.29 is 14.4 Å². The Hall–Kier alpha value is -2.37. The van der Waals surface area contributed by atoms with Crippen LogP contribution in [0, 0.1) is 11.8 Å². The predicted molar refractivity (Wildman–Crippen MR) is 150 cm³/mol. The molecule has 0 radical (unpaired) electrons. The van der Waals surface area contributed by atoms with Gasteiger partial charge in [-0.3, -0.25) is 9.59 Å². The summed E-state index contributed by atoms with van der Waals surface area (Å²) < 4.78 is 0. The summed E-state index contributed by atoms with van der Waals surface area (Å²) >= 11 is 12.1. The van der Waals surface area contributed by atoms with E-state index in [1.165, 1.54) is 19.3 Å². The molecule has 1 aliphatic rings. The van der Waals surface area contributed by atoms with Crippen LogP contribution in [0.15, 0.2) is 48.5 Å². The van der Waals surface area contributed by atoms with E-state index >= 15 is 0 Å². The largest absolute Gasteiger partial charge is 0.347 e. The summed E-state index contributed by atoms with van der Waals surface area (Å²) in [5.74, 6) is 0.519. The first kappa shape index (κ1) is 29.2. The third-order valence-corrected chi connectivity index (χ3v) is 7.89. The van der Waals surface area contributed by atoms with Crippen molar-refractivity contribution in [3.05, 3.63) is 69.7 Å². The summed E-state index contributed by atoms with van der Waals surface area (Å²) in [6.45, 7) is 0.575. The van der Waals surface area contributed by atoms with Gasteiger partial charge in [-0.05, 0) is 66.5 Å². The van der Waals surface area contributed by atoms with Crippen LogP contribution in [-0.4, -0.2) is 42.6 Å². The summed E-state index contributed by atoms with van der Waals surface area (Å²) in [5.41, 5.74) is 2.24. The second kappa shape index (κ2) is 15.1. The van der Waals surface area contributed by atoms with Gasteiger partial charge in [-0.15, -0.1) is 0 Å². The van der Waals surface area contributed by atoms with E-state index in [0.29, 0.717) is 35.3 Å². The zero-order chi connectivity index (χ0) is 26.6. The molecule has 2 aromatic carbocycles. The van der Waals surface area contributed by atoms with Crippen LogP contribution in [0.3, 0.4) is 0 Å². The fourth-order valence-electron chi connectivity index (χ4n) is 5.20. The van der Waals surface area contributed by atoms with Gasteiger partial charge < -0.3 is 15.0 Å². The zero-order valence-electron chi connectivity index (χ0n) is 21.6. The van der Waals surface area contributed by atoms with Gasteiger partial charge in [-0.25, -0.2) is 0 Å². The molecule has 0 aliphatic heterocycles. The SMILES string of the molecule is CN(CCc1ccc(Cl)cc1)C(=O)CC[C@@H](C=O)NC(=O)C[C@@H](Cc1cccc(Cl)c1)C1CCCCC1. The van der Waals surface area contributed by atoms with Gasteiger partial charge in [0.05, 0.1) is 6.04 Å². The molecule has 1 aliphatic carbocycles. The number of carbonyl (C=O) groups is 3. The van der Waals surface area contributed by atoms with Gasteiger partial charge >= 0.3 is 0 Å². The van der Waals surface area contributed by atoms with Gasteiger partial charge in [0.1, 0.15) is 6.29 Å². The molecule has 3 rings (SSSR count). The Morgan fingerprint density at radius 1 is 1.03 bits per heavy atom. The molecular weight excluding hydrogens is 507 g/mol. The van der Waals surface area contributed by atoms with Crippen molar-refractivity contribution in [3.63, 3.8) is 0 Å². The monoisotopic (exact) mass is 544 g/mol. The maximum atomic E-state index is 13.0. The van der Waals surface area contributed by atoms with Crippen molar-refractivity contribution in [1.29, 1.82) is 0 Å². The van der Waals surface area contributed by atoms with Gasteiger partial charge in [0.2, 0.25) is 11.8 Å². The number of carbonyl (C=O) groups excluding carboxylic acids is 3. The highest BCUT2D eigenvalue weighted by Crippen LogP contribution is 2.34. The van der Waals surface area contributed by atoms with Crippen LogP contribution in [0.4, 0.5) is 0 Å². The Kier molecular flexibility index (Phi) is 11.9. The molecule has 1 N–H and O–H groups in total. The van der Waals surface area contributed by atoms with Gasteiger partial charge in [-0.2, -0.15) is 0 Å². The highest BCUT2D eigenvalue weighted by atomic mass is 35.5. The summed E-state index contributed by atoms with van der Waals surface area (Å²) in [7, 11) is 1.76. The van der Waals surface area contributed by atoms with E-state index in [0.717, 1.165) is 43.1 Å². The van der Waals surface area contributed by atoms with Crippen LogP contribution in [0.2, 0.25) is 10.0 Å². The van der Waals surface area contributed by atoms with Crippen LogP contribution in [0.1, 0.15) is 62.5 Å². The van der Waals surface area contributed by atoms with Crippen molar-refractivity contribution in [2.75, 3.05) is 13.6 Å². The molecule has 2 aromatic rings. The number of aldehydes is 1. The lowest BCUT2D eigenvalue weighted by molar-refractivity contribution is -0.131. The molecule has 7 heteroatoms. The van der Waals surface area contributed by atoms with Crippen LogP contribution in [-0.2, 0) is 27.2 Å². The molecular formula is C30H38Cl2N2O3. The van der Waals surface area contributed by atoms with Crippen molar-refractivity contribution in [1.82, 2.24) is 10.2 Å². The minimum absolute atomic E-state index is 0.0453. The number of nitrogens with zero attached hydrogens (tertiary/aromatic N) is 1. The second-order valence-corrected chi connectivity index (χ2v) is 11.1. The Balaban J connectivity index is 1.48. The summed E-state index contributed by atoms with van der Waals surface area (Å²) in [5, 5.41) is 4.26. The molecule has 0 unspecified atom stereocenters. The molecule has 0 spiro atoms. The van der Waals surface area contributed by atoms with E-state index in [-0.39, 0.29) is 24.2 Å². The van der Waals surface area contributed by atoms with E-state index in [1.807, 2.05) is 42.5 Å². The predicted octanol–water partition coefficient (Wildman–Crippen LogP) is 6.29. The quantitative estimate of drug-likeness (QED) is 0.301. The number of nitrogens with one attached hydrogen (secondary N) is 1. The molecule has 37 heavy (non-hydrogen) atoms. The highest BCUT2D eigenvalue weighted by Gasteiger charge is 2.27. The number of hydrogen-bond donors (Lipinski definition) is 1. The standard InChI is InChI=1S/C30H38Cl2N2O3/c1-34(17-16-22-10-12-26(31)13-11-22)30(37)15-14-28(21-35)33-29(36)20-25(24-7-3-2-4-8-24)18-23-6-5-9-27(32)19-23/h5-6,9-13,19,21,24-25,28H,2-4,7-8,14-18,20H2,1H3,(H,33,36)/t25-,28+/m1/s1. The van der Waals surface area contributed by atoms with E-state index in [4.69, 9.17) is 23.2 Å². The maximum absolute atomic E-state index is 13.0. The Labute approximate surface area is 230 Å². The van der Waals surface area contributed by atoms with Crippen molar-refractivity contribution in [3.8, 4) is 0 Å². The first-order valence-corrected chi connectivity index (χ1v) is 14.1. The minimum atomic E-state index is -0.667. The van der Waals surface area contributed by atoms with Crippen molar-refractivity contribution in [2.45, 2.75) is 70.3 Å². The molecule has 2 amide bonds. The lowest BCUT2D eigenvalue weighted by Crippen LogP contribution is -2.39. The first-order valence-electron chi connectivity index (χ1n) is 13.3. The second-order valence-electron chi connectivity index (χ2n) is 10.2. The number of benzene rings is 2. The lowest BCUT2D eigenvalue weighted by Gasteiger charge is -2.30. The highest BCUT2D eigenvalue weighted by molar-refractivity contribution is 6.30. The van der Waals surface area contributed by atoms with Crippen LogP contribution in [0.5, 0.6) is 0 Å². The third-order valence-electron chi connectivity index (χ3n) is 7.41. The maximum Gasteiger partial charge on any atom is 0.222 e. The topological polar surface area (TPSA) is 66.5 Å². The summed E-state index contributed by atoms with van der Waals surface area (Å²) in [6, 6.07) is 14.7. The zero-order valence-corrected chi connectivity index (χ0v) is 23.1. The van der Waals surface area contributed by atoms with Crippen LogP contribution in [0.25, 0.3) is 0 Å². The van der Waals surface area contributed by atoms with Crippen molar-refractivity contribution in [2.24, 2.45) is 11.8 Å². The van der Waals surface area contributed by atoms with E-state index in [1.54, 1.807) is 11.9 Å². The molecule has 0 aromatic heterocycles. The Bertz CT molecular complexity index is 1020. The number of hydrogen-bond acceptors (Lipinski definition) is 3. The molecule has 1 fully saturated rings. The number of halogens is 2. The van der Waals surface area contributed by atoms with E-state index in [9.17, 15) is 14.4 Å². The minimum Gasteiger partial charge on any atom is -0.347 e. The third kappa shape index (κ3) is 10.1. The van der Waals surface area contributed by atoms with Crippen molar-refractivity contribution >= 4 is 41.3 Å². The van der Waals surface area contributed by atoms with Gasteiger partial charge in [0, 0.05) is 36.5 Å². The normalized spacial score (nSPS) is 15.5. The van der Waals surface area contributed by atoms with E-state index < -0.39 is 6.04 Å². The molecule has 1 saturated carbocycles. The Morgan fingerprint density at radius 2 is 1.76 bits per heavy atom. The molecule has 2 atom stereocenters. The Morgan fingerprint density at radius 3 is 2.43 bits per heavy atom. The summed E-state index contributed by atoms with van der Waals surface area (Å²) in [6.07, 6.45) is 9.04. The summed E-state index contributed by atoms with van der Waals surface area (Å²) in [4.78, 5) is 39.0. The number of amides is 2. The van der Waals surface area contributed by atoms with Gasteiger partial charge in [0.25, 0.3) is 0 Å². The first-order chi connectivity index (χ1) is 17.8. The van der Waals surface area contributed by atoms with Gasteiger partial charge in [0.15, 0.2) is 0 Å². The number of rotatable bonds is 13. The average molecular weight is 546 g/mol. The fraction of sp³-hybridized carbons (Fsp3) is 0.500. The molecule has 0 heterocycles. The smallest absolute Gasteiger partial charge is 0.222 e. The number of likely N-dealkylation sites (N-methyl/N-ethyl adjacent to an activating group) is 1. The molecule has 0 saturated heterocycles. The molecule has 0 bridgehead atoms. The van der Waals surface area contributed by atoms with Crippen LogP contribution >= 0.6 is 23.2 Å². The lowest BCUT2D eigenvalue weighted by atomic mass is 9.76. The van der Waals surface area contributed by atoms with Crippen LogP contribution < -0.4 is 5.32 Å². The fourth-order valence-corrected chi connectivity index (χ4v) is 5.54. The van der Waals surface area contributed by atoms with Gasteiger partial charge in [-0.1, -0.05) is 79.6 Å². The molecule has 200 valence electrons.